The molecule has 0 aliphatic carbocycles. The fraction of sp³-hybridized carbons (Fsp3) is 0.308. The molecule has 3 atom stereocenters. The average molecular weight is 466 g/mol. The van der Waals surface area contributed by atoms with Crippen LogP contribution in [-0.2, 0) is 6.42 Å². The first-order valence-corrected chi connectivity index (χ1v) is 11.0. The number of H-pyrrole nitrogens is 1. The molecule has 34 heavy (non-hydrogen) atoms. The summed E-state index contributed by atoms with van der Waals surface area (Å²) in [5.74, 6) is 5.59. The summed E-state index contributed by atoms with van der Waals surface area (Å²) in [7, 11) is 0. The first-order chi connectivity index (χ1) is 16.4. The van der Waals surface area contributed by atoms with E-state index in [0.717, 1.165) is 16.7 Å². The molecule has 1 aromatic heterocycles. The summed E-state index contributed by atoms with van der Waals surface area (Å²) in [6.45, 7) is 1.35. The largest absolute Gasteiger partial charge is 0.502 e. The molecule has 1 heterocycles. The van der Waals surface area contributed by atoms with Crippen molar-refractivity contribution in [3.63, 3.8) is 0 Å². The molecule has 3 rings (SSSR count). The van der Waals surface area contributed by atoms with Gasteiger partial charge in [-0.15, -0.1) is 0 Å². The number of aliphatic hydroxyl groups is 2. The van der Waals surface area contributed by atoms with Crippen molar-refractivity contribution in [1.29, 1.82) is 0 Å². The average Bonchev–Trinajstić information content (AvgIpc) is 2.87. The van der Waals surface area contributed by atoms with Crippen LogP contribution >= 0.6 is 0 Å². The molecule has 2 unspecified atom stereocenters. The molecule has 2 aromatic carbocycles. The third-order valence-electron chi connectivity index (χ3n) is 5.49. The second-order valence-electron chi connectivity index (χ2n) is 8.08. The fourth-order valence-electron chi connectivity index (χ4n) is 3.39. The lowest BCUT2D eigenvalue weighted by Gasteiger charge is -2.20. The van der Waals surface area contributed by atoms with E-state index >= 15 is 0 Å². The molecule has 178 valence electrons. The number of aromatic hydroxyl groups is 1. The molecule has 0 saturated heterocycles. The minimum Gasteiger partial charge on any atom is -0.502 e. The molecule has 5 N–H and O–H groups in total. The molecule has 0 bridgehead atoms. The van der Waals surface area contributed by atoms with Crippen LogP contribution in [-0.4, -0.2) is 51.2 Å². The number of benzene rings is 2. The normalized spacial score (nSPS) is 13.5. The van der Waals surface area contributed by atoms with Crippen molar-refractivity contribution in [2.75, 3.05) is 19.8 Å². The number of alkyl halides is 1. The third kappa shape index (κ3) is 6.75. The van der Waals surface area contributed by atoms with E-state index in [1.807, 2.05) is 24.3 Å². The predicted octanol–water partition coefficient (Wildman–Crippen LogP) is 2.17. The Hall–Kier alpha value is -3.51. The van der Waals surface area contributed by atoms with E-state index in [4.69, 9.17) is 5.11 Å². The van der Waals surface area contributed by atoms with E-state index in [2.05, 4.69) is 27.1 Å². The van der Waals surface area contributed by atoms with Crippen LogP contribution in [0.3, 0.4) is 0 Å². The van der Waals surface area contributed by atoms with Crippen molar-refractivity contribution in [3.05, 3.63) is 93.2 Å². The van der Waals surface area contributed by atoms with Gasteiger partial charge in [0, 0.05) is 36.1 Å². The summed E-state index contributed by atoms with van der Waals surface area (Å²) in [4.78, 5) is 18.2. The van der Waals surface area contributed by atoms with Gasteiger partial charge in [-0.2, -0.15) is 0 Å². The lowest BCUT2D eigenvalue weighted by atomic mass is 9.92. The Morgan fingerprint density at radius 2 is 1.65 bits per heavy atom. The third-order valence-corrected chi connectivity index (χ3v) is 5.49. The maximum Gasteiger partial charge on any atom is 0.293 e. The quantitative estimate of drug-likeness (QED) is 0.309. The van der Waals surface area contributed by atoms with Crippen LogP contribution in [0.2, 0.25) is 0 Å². The Balaban J connectivity index is 1.77. The van der Waals surface area contributed by atoms with Gasteiger partial charge in [0.25, 0.3) is 5.56 Å². The Kier molecular flexibility index (Phi) is 8.93. The monoisotopic (exact) mass is 465 g/mol. The lowest BCUT2D eigenvalue weighted by molar-refractivity contribution is 0.0956. The summed E-state index contributed by atoms with van der Waals surface area (Å²) in [6.07, 6.45) is 0.650. The van der Waals surface area contributed by atoms with E-state index < -0.39 is 24.1 Å². The molecule has 8 heteroatoms. The van der Waals surface area contributed by atoms with Crippen LogP contribution in [0, 0.1) is 11.8 Å². The Morgan fingerprint density at radius 3 is 2.21 bits per heavy atom. The van der Waals surface area contributed by atoms with E-state index in [-0.39, 0.29) is 24.3 Å². The van der Waals surface area contributed by atoms with Crippen LogP contribution in [0.25, 0.3) is 0 Å². The van der Waals surface area contributed by atoms with Crippen LogP contribution < -0.4 is 10.9 Å². The molecular formula is C26H28FN3O4. The van der Waals surface area contributed by atoms with Gasteiger partial charge in [0.2, 0.25) is 5.75 Å². The topological polar surface area (TPSA) is 118 Å². The number of hydrogen-bond donors (Lipinski definition) is 5. The van der Waals surface area contributed by atoms with Gasteiger partial charge >= 0.3 is 0 Å². The van der Waals surface area contributed by atoms with E-state index in [1.54, 1.807) is 31.2 Å². The highest BCUT2D eigenvalue weighted by molar-refractivity contribution is 5.44. The van der Waals surface area contributed by atoms with Gasteiger partial charge in [-0.1, -0.05) is 36.1 Å². The van der Waals surface area contributed by atoms with Gasteiger partial charge in [0.15, 0.2) is 0 Å². The van der Waals surface area contributed by atoms with Gasteiger partial charge in [-0.3, -0.25) is 4.79 Å². The summed E-state index contributed by atoms with van der Waals surface area (Å²) < 4.78 is 12.9. The number of nitrogens with zero attached hydrogens (tertiary/aromatic N) is 1. The number of rotatable bonds is 9. The summed E-state index contributed by atoms with van der Waals surface area (Å²) >= 11 is 0. The second-order valence-corrected chi connectivity index (χ2v) is 8.08. The predicted molar refractivity (Wildman–Crippen MR) is 127 cm³/mol. The number of hydrogen-bond acceptors (Lipinski definition) is 6. The Bertz CT molecular complexity index is 1180. The SMILES string of the molecule is CC(CF)NC[C@H](Cc1nc[nH]c(=O)c1O)c1ccc(C#Cc2ccc(C(O)CO)cc2)cc1. The first kappa shape index (κ1) is 25.1. The highest BCUT2D eigenvalue weighted by Crippen LogP contribution is 2.23. The maximum atomic E-state index is 12.9. The van der Waals surface area contributed by atoms with E-state index in [9.17, 15) is 19.4 Å². The molecule has 0 amide bonds. The zero-order chi connectivity index (χ0) is 24.5. The molecule has 0 spiro atoms. The van der Waals surface area contributed by atoms with Gasteiger partial charge in [0.1, 0.15) is 12.8 Å². The van der Waals surface area contributed by atoms with Crippen molar-refractivity contribution in [3.8, 4) is 17.6 Å². The zero-order valence-electron chi connectivity index (χ0n) is 18.8. The van der Waals surface area contributed by atoms with Gasteiger partial charge in [-0.25, -0.2) is 9.37 Å². The van der Waals surface area contributed by atoms with Gasteiger partial charge < -0.3 is 25.6 Å². The maximum absolute atomic E-state index is 12.9. The standard InChI is InChI=1S/C26H28FN3O4/c1-17(13-27)28-14-22(12-23-25(33)26(34)30-16-29-23)20-8-4-18(5-9-20)2-3-19-6-10-21(11-7-19)24(32)15-31/h4-11,16-17,22,24,28,31-33H,12-15H2,1H3,(H,29,30,34)/t17?,22-,24?/m0/s1. The molecule has 0 fully saturated rings. The number of aliphatic hydroxyl groups excluding tert-OH is 2. The smallest absolute Gasteiger partial charge is 0.293 e. The van der Waals surface area contributed by atoms with Crippen molar-refractivity contribution in [2.24, 2.45) is 0 Å². The minimum absolute atomic E-state index is 0.151. The number of aromatic amines is 1. The molecule has 3 aromatic rings. The minimum atomic E-state index is -0.906. The molecule has 0 radical (unpaired) electrons. The molecule has 0 saturated carbocycles. The van der Waals surface area contributed by atoms with Crippen LogP contribution in [0.15, 0.2) is 59.7 Å². The second kappa shape index (κ2) is 12.1. The lowest BCUT2D eigenvalue weighted by Crippen LogP contribution is -2.32. The van der Waals surface area contributed by atoms with Crippen LogP contribution in [0.5, 0.6) is 5.75 Å². The van der Waals surface area contributed by atoms with E-state index in [1.165, 1.54) is 6.33 Å². The first-order valence-electron chi connectivity index (χ1n) is 11.0. The zero-order valence-corrected chi connectivity index (χ0v) is 18.8. The molecule has 0 aliphatic heterocycles. The Labute approximate surface area is 197 Å². The summed E-state index contributed by atoms with van der Waals surface area (Å²) in [5, 5.41) is 31.9. The van der Waals surface area contributed by atoms with Crippen LogP contribution in [0.1, 0.15) is 46.9 Å². The number of halogens is 1. The highest BCUT2D eigenvalue weighted by Gasteiger charge is 2.18. The number of aromatic nitrogens is 2. The summed E-state index contributed by atoms with van der Waals surface area (Å²) in [6, 6.07) is 14.3. The molecule has 7 nitrogen and oxygen atoms in total. The molecular weight excluding hydrogens is 437 g/mol. The van der Waals surface area contributed by atoms with E-state index in [0.29, 0.717) is 18.5 Å². The van der Waals surface area contributed by atoms with Crippen LogP contribution in [0.4, 0.5) is 4.39 Å². The fourth-order valence-corrected chi connectivity index (χ4v) is 3.39. The van der Waals surface area contributed by atoms with Crippen molar-refractivity contribution in [2.45, 2.75) is 31.4 Å². The van der Waals surface area contributed by atoms with Gasteiger partial charge in [0.05, 0.1) is 18.6 Å². The van der Waals surface area contributed by atoms with Crippen molar-refractivity contribution in [1.82, 2.24) is 15.3 Å². The molecule has 0 aliphatic rings. The highest BCUT2D eigenvalue weighted by atomic mass is 19.1. The number of nitrogens with one attached hydrogen (secondary N) is 2. The van der Waals surface area contributed by atoms with Crippen molar-refractivity contribution < 1.29 is 19.7 Å². The van der Waals surface area contributed by atoms with Gasteiger partial charge in [-0.05, 0) is 42.3 Å². The summed E-state index contributed by atoms with van der Waals surface area (Å²) in [5.41, 5.74) is 2.81. The van der Waals surface area contributed by atoms with Crippen molar-refractivity contribution >= 4 is 0 Å². The Morgan fingerprint density at radius 1 is 1.06 bits per heavy atom.